The van der Waals surface area contributed by atoms with Crippen molar-refractivity contribution in [1.82, 2.24) is 0 Å². The van der Waals surface area contributed by atoms with E-state index in [2.05, 4.69) is 12.1 Å². The van der Waals surface area contributed by atoms with Crippen molar-refractivity contribution in [3.8, 4) is 12.1 Å². The summed E-state index contributed by atoms with van der Waals surface area (Å²) >= 11 is 0. The van der Waals surface area contributed by atoms with E-state index in [9.17, 15) is 0 Å². The predicted octanol–water partition coefficient (Wildman–Crippen LogP) is 2.31. The van der Waals surface area contributed by atoms with Gasteiger partial charge >= 0.3 is 0 Å². The lowest BCUT2D eigenvalue weighted by Gasteiger charge is -2.06. The van der Waals surface area contributed by atoms with Gasteiger partial charge in [-0.05, 0) is 24.0 Å². The number of nitrogens with zero attached hydrogens (tertiary/aromatic N) is 2. The van der Waals surface area contributed by atoms with Crippen LogP contribution in [0, 0.1) is 22.7 Å². The Bertz CT molecular complexity index is 430. The van der Waals surface area contributed by atoms with Crippen LogP contribution in [0.1, 0.15) is 24.0 Å². The van der Waals surface area contributed by atoms with Crippen LogP contribution in [0.15, 0.2) is 24.3 Å². The van der Waals surface area contributed by atoms with Gasteiger partial charge in [-0.2, -0.15) is 10.5 Å². The van der Waals surface area contributed by atoms with Crippen molar-refractivity contribution < 1.29 is 0 Å². The van der Waals surface area contributed by atoms with Crippen LogP contribution in [-0.4, -0.2) is 0 Å². The standard InChI is InChI=1S/C12H10N2/c13-7-4-10-2-1-3-11(8-10)12(9-14)5-6-12/h1-3,8H,4-6H2. The number of nitriles is 2. The fourth-order valence-electron chi connectivity index (χ4n) is 1.66. The van der Waals surface area contributed by atoms with Gasteiger partial charge in [0.25, 0.3) is 0 Å². The third kappa shape index (κ3) is 1.36. The molecule has 2 rings (SSSR count). The van der Waals surface area contributed by atoms with Crippen LogP contribution in [0.3, 0.4) is 0 Å². The van der Waals surface area contributed by atoms with Gasteiger partial charge in [0.15, 0.2) is 0 Å². The molecule has 0 bridgehead atoms. The number of hydrogen-bond acceptors (Lipinski definition) is 2. The van der Waals surface area contributed by atoms with Gasteiger partial charge in [0.05, 0.1) is 24.0 Å². The molecule has 0 atom stereocenters. The second-order valence-electron chi connectivity index (χ2n) is 3.73. The Balaban J connectivity index is 2.33. The van der Waals surface area contributed by atoms with Crippen LogP contribution >= 0.6 is 0 Å². The molecule has 1 aromatic rings. The molecule has 1 saturated carbocycles. The number of rotatable bonds is 2. The van der Waals surface area contributed by atoms with Gasteiger partial charge in [-0.25, -0.2) is 0 Å². The Morgan fingerprint density at radius 1 is 1.29 bits per heavy atom. The average Bonchev–Trinajstić information content (AvgIpc) is 2.99. The minimum Gasteiger partial charge on any atom is -0.198 e. The SMILES string of the molecule is N#CCc1cccc(C2(C#N)CC2)c1. The van der Waals surface area contributed by atoms with E-state index in [0.717, 1.165) is 24.0 Å². The maximum Gasteiger partial charge on any atom is 0.0823 e. The first-order chi connectivity index (χ1) is 6.80. The lowest BCUT2D eigenvalue weighted by Crippen LogP contribution is -2.02. The van der Waals surface area contributed by atoms with E-state index in [4.69, 9.17) is 10.5 Å². The molecule has 1 aromatic carbocycles. The summed E-state index contributed by atoms with van der Waals surface area (Å²) in [6.07, 6.45) is 2.34. The summed E-state index contributed by atoms with van der Waals surface area (Å²) in [5.74, 6) is 0. The van der Waals surface area contributed by atoms with E-state index < -0.39 is 0 Å². The van der Waals surface area contributed by atoms with Crippen molar-refractivity contribution in [2.75, 3.05) is 0 Å². The predicted molar refractivity (Wildman–Crippen MR) is 52.3 cm³/mol. The highest BCUT2D eigenvalue weighted by molar-refractivity contribution is 5.41. The van der Waals surface area contributed by atoms with Crippen LogP contribution in [0.25, 0.3) is 0 Å². The van der Waals surface area contributed by atoms with E-state index in [1.54, 1.807) is 0 Å². The quantitative estimate of drug-likeness (QED) is 0.704. The zero-order valence-electron chi connectivity index (χ0n) is 7.83. The molecule has 2 heteroatoms. The monoisotopic (exact) mass is 182 g/mol. The average molecular weight is 182 g/mol. The molecule has 14 heavy (non-hydrogen) atoms. The Morgan fingerprint density at radius 3 is 2.64 bits per heavy atom. The molecule has 0 unspecified atom stereocenters. The molecule has 1 fully saturated rings. The second-order valence-corrected chi connectivity index (χ2v) is 3.73. The first kappa shape index (κ1) is 8.78. The topological polar surface area (TPSA) is 47.6 Å². The van der Waals surface area contributed by atoms with E-state index in [1.165, 1.54) is 0 Å². The maximum atomic E-state index is 9.02. The summed E-state index contributed by atoms with van der Waals surface area (Å²) in [6, 6.07) is 12.3. The van der Waals surface area contributed by atoms with E-state index in [0.29, 0.717) is 6.42 Å². The summed E-state index contributed by atoms with van der Waals surface area (Å²) in [7, 11) is 0. The Labute approximate surface area is 83.4 Å². The van der Waals surface area contributed by atoms with Gasteiger partial charge < -0.3 is 0 Å². The molecule has 68 valence electrons. The van der Waals surface area contributed by atoms with Crippen molar-refractivity contribution in [1.29, 1.82) is 10.5 Å². The molecule has 0 aromatic heterocycles. The third-order valence-electron chi connectivity index (χ3n) is 2.73. The summed E-state index contributed by atoms with van der Waals surface area (Å²) in [5.41, 5.74) is 1.85. The van der Waals surface area contributed by atoms with Crippen LogP contribution < -0.4 is 0 Å². The molecule has 2 nitrogen and oxygen atoms in total. The molecular weight excluding hydrogens is 172 g/mol. The highest BCUT2D eigenvalue weighted by Gasteiger charge is 2.44. The van der Waals surface area contributed by atoms with Gasteiger partial charge in [0.1, 0.15) is 0 Å². The molecule has 1 aliphatic rings. The summed E-state index contributed by atoms with van der Waals surface area (Å²) < 4.78 is 0. The molecule has 1 aliphatic carbocycles. The molecule has 0 radical (unpaired) electrons. The zero-order valence-corrected chi connectivity index (χ0v) is 7.83. The Morgan fingerprint density at radius 2 is 2.07 bits per heavy atom. The van der Waals surface area contributed by atoms with Crippen LogP contribution in [-0.2, 0) is 11.8 Å². The number of benzene rings is 1. The normalized spacial score (nSPS) is 16.7. The van der Waals surface area contributed by atoms with E-state index >= 15 is 0 Å². The molecule has 0 N–H and O–H groups in total. The molecule has 0 saturated heterocycles. The zero-order chi connectivity index (χ0) is 10.0. The summed E-state index contributed by atoms with van der Waals surface area (Å²) in [6.45, 7) is 0. The Hall–Kier alpha value is -1.80. The van der Waals surface area contributed by atoms with Gasteiger partial charge in [-0.3, -0.25) is 0 Å². The molecule has 0 aliphatic heterocycles. The molecule has 0 heterocycles. The smallest absolute Gasteiger partial charge is 0.0823 e. The molecule has 0 spiro atoms. The van der Waals surface area contributed by atoms with Gasteiger partial charge in [-0.15, -0.1) is 0 Å². The summed E-state index contributed by atoms with van der Waals surface area (Å²) in [4.78, 5) is 0. The maximum absolute atomic E-state index is 9.02. The van der Waals surface area contributed by atoms with Gasteiger partial charge in [0, 0.05) is 0 Å². The largest absolute Gasteiger partial charge is 0.198 e. The number of hydrogen-bond donors (Lipinski definition) is 0. The van der Waals surface area contributed by atoms with Crippen LogP contribution in [0.5, 0.6) is 0 Å². The third-order valence-corrected chi connectivity index (χ3v) is 2.73. The minimum absolute atomic E-state index is 0.231. The summed E-state index contributed by atoms with van der Waals surface area (Å²) in [5, 5.41) is 17.6. The first-order valence-electron chi connectivity index (χ1n) is 4.68. The van der Waals surface area contributed by atoms with Crippen molar-refractivity contribution in [2.45, 2.75) is 24.7 Å². The van der Waals surface area contributed by atoms with Gasteiger partial charge in [-0.1, -0.05) is 24.3 Å². The lowest BCUT2D eigenvalue weighted by atomic mass is 9.95. The van der Waals surface area contributed by atoms with Crippen molar-refractivity contribution in [2.24, 2.45) is 0 Å². The van der Waals surface area contributed by atoms with E-state index in [-0.39, 0.29) is 5.41 Å². The Kier molecular flexibility index (Phi) is 1.98. The minimum atomic E-state index is -0.231. The highest BCUT2D eigenvalue weighted by atomic mass is 14.5. The fourth-order valence-corrected chi connectivity index (χ4v) is 1.66. The van der Waals surface area contributed by atoms with Gasteiger partial charge in [0.2, 0.25) is 0 Å². The van der Waals surface area contributed by atoms with Crippen LogP contribution in [0.4, 0.5) is 0 Å². The molecular formula is C12H10N2. The first-order valence-corrected chi connectivity index (χ1v) is 4.68. The lowest BCUT2D eigenvalue weighted by molar-refractivity contribution is 0.904. The fraction of sp³-hybridized carbons (Fsp3) is 0.333. The second kappa shape index (κ2) is 3.16. The van der Waals surface area contributed by atoms with Crippen LogP contribution in [0.2, 0.25) is 0 Å². The van der Waals surface area contributed by atoms with Crippen molar-refractivity contribution in [3.63, 3.8) is 0 Å². The van der Waals surface area contributed by atoms with Crippen molar-refractivity contribution >= 4 is 0 Å². The van der Waals surface area contributed by atoms with E-state index in [1.807, 2.05) is 24.3 Å². The highest BCUT2D eigenvalue weighted by Crippen LogP contribution is 2.47. The van der Waals surface area contributed by atoms with Crippen molar-refractivity contribution in [3.05, 3.63) is 35.4 Å². The molecule has 0 amide bonds.